The van der Waals surface area contributed by atoms with E-state index in [9.17, 15) is 0 Å². The van der Waals surface area contributed by atoms with Gasteiger partial charge in [-0.25, -0.2) is 0 Å². The average molecular weight is 382 g/mol. The minimum atomic E-state index is 0.0934. The smallest absolute Gasteiger partial charge is 0.0417 e. The van der Waals surface area contributed by atoms with Gasteiger partial charge in [0.1, 0.15) is 0 Å². The normalized spacial score (nSPS) is 13.9. The number of nitrogens with zero attached hydrogens (tertiary/aromatic N) is 1. The fourth-order valence-electron chi connectivity index (χ4n) is 3.71. The van der Waals surface area contributed by atoms with Gasteiger partial charge in [0.15, 0.2) is 0 Å². The molecule has 0 saturated carbocycles. The monoisotopic (exact) mass is 381 g/mol. The molecule has 0 radical (unpaired) electrons. The Morgan fingerprint density at radius 2 is 1.61 bits per heavy atom. The lowest BCUT2D eigenvalue weighted by Gasteiger charge is -2.45. The second kappa shape index (κ2) is 13.3. The summed E-state index contributed by atoms with van der Waals surface area (Å²) in [5.41, 5.74) is 6.25. The highest BCUT2D eigenvalue weighted by molar-refractivity contribution is 5.39. The zero-order valence-corrected chi connectivity index (χ0v) is 20.0. The van der Waals surface area contributed by atoms with Crippen LogP contribution in [-0.4, -0.2) is 10.4 Å². The Hall–Kier alpha value is -1.94. The van der Waals surface area contributed by atoms with E-state index in [1.54, 1.807) is 0 Å². The highest BCUT2D eigenvalue weighted by Gasteiger charge is 2.32. The lowest BCUT2D eigenvalue weighted by atomic mass is 9.86. The van der Waals surface area contributed by atoms with E-state index in [2.05, 4.69) is 103 Å². The van der Waals surface area contributed by atoms with Crippen molar-refractivity contribution < 1.29 is 0 Å². The van der Waals surface area contributed by atoms with Crippen molar-refractivity contribution in [3.8, 4) is 11.8 Å². The van der Waals surface area contributed by atoms with Crippen LogP contribution < -0.4 is 0 Å². The highest BCUT2D eigenvalue weighted by atomic mass is 15.2. The van der Waals surface area contributed by atoms with Crippen LogP contribution in [0.2, 0.25) is 0 Å². The van der Waals surface area contributed by atoms with Crippen molar-refractivity contribution in [2.24, 2.45) is 0 Å². The Balaban J connectivity index is 6.37. The van der Waals surface area contributed by atoms with Crippen LogP contribution in [0.25, 0.3) is 0 Å². The largest absolute Gasteiger partial charge is 0.342 e. The van der Waals surface area contributed by atoms with E-state index in [4.69, 9.17) is 0 Å². The van der Waals surface area contributed by atoms with Crippen LogP contribution in [0.15, 0.2) is 59.0 Å². The molecule has 0 atom stereocenters. The molecule has 1 nitrogen and oxygen atoms in total. The molecule has 0 unspecified atom stereocenters. The first-order valence-corrected chi connectivity index (χ1v) is 10.8. The fourth-order valence-corrected chi connectivity index (χ4v) is 3.71. The van der Waals surface area contributed by atoms with Crippen LogP contribution >= 0.6 is 0 Å². The number of rotatable bonds is 11. The molecule has 0 spiro atoms. The van der Waals surface area contributed by atoms with Crippen molar-refractivity contribution in [3.63, 3.8) is 0 Å². The maximum atomic E-state index is 4.18. The summed E-state index contributed by atoms with van der Waals surface area (Å²) in [7, 11) is 0. The van der Waals surface area contributed by atoms with E-state index < -0.39 is 0 Å². The van der Waals surface area contributed by atoms with Crippen molar-refractivity contribution in [1.82, 2.24) is 4.90 Å². The van der Waals surface area contributed by atoms with Gasteiger partial charge in [-0.15, -0.1) is 5.92 Å². The molecule has 0 aromatic heterocycles. The van der Waals surface area contributed by atoms with Gasteiger partial charge in [0.05, 0.1) is 0 Å². The first-order chi connectivity index (χ1) is 13.2. The summed E-state index contributed by atoms with van der Waals surface area (Å²) in [6, 6.07) is 0. The molecule has 0 aliphatic carbocycles. The molecule has 28 heavy (non-hydrogen) atoms. The van der Waals surface area contributed by atoms with E-state index >= 15 is 0 Å². The molecule has 0 N–H and O–H groups in total. The lowest BCUT2D eigenvalue weighted by molar-refractivity contribution is 0.156. The lowest BCUT2D eigenvalue weighted by Crippen LogP contribution is -2.44. The molecule has 1 heteroatoms. The standard InChI is InChI=1S/C27H43N/c1-11-16-17-26(15-5)28(27(10,20-12-2)21-13-3)25(9)24(8)19-18-23(7)22(6)14-4/h14,17-19H,7,12-13,15,20-21H2,1-6,8-10H3/b19-18-,22-14-,25-24+,26-17+. The van der Waals surface area contributed by atoms with Crippen LogP contribution in [0.3, 0.4) is 0 Å². The molecule has 0 heterocycles. The summed E-state index contributed by atoms with van der Waals surface area (Å²) >= 11 is 0. The van der Waals surface area contributed by atoms with Crippen LogP contribution in [0.4, 0.5) is 0 Å². The summed E-state index contributed by atoms with van der Waals surface area (Å²) in [5.74, 6) is 6.22. The van der Waals surface area contributed by atoms with Crippen molar-refractivity contribution in [2.75, 3.05) is 0 Å². The Morgan fingerprint density at radius 3 is 2.04 bits per heavy atom. The minimum Gasteiger partial charge on any atom is -0.342 e. The van der Waals surface area contributed by atoms with Gasteiger partial charge in [0, 0.05) is 23.0 Å². The third-order valence-corrected chi connectivity index (χ3v) is 5.53. The van der Waals surface area contributed by atoms with Crippen molar-refractivity contribution in [2.45, 2.75) is 100.0 Å². The molecule has 0 bridgehead atoms. The minimum absolute atomic E-state index is 0.0934. The topological polar surface area (TPSA) is 3.24 Å². The quantitative estimate of drug-likeness (QED) is 0.257. The van der Waals surface area contributed by atoms with Crippen molar-refractivity contribution >= 4 is 0 Å². The molecule has 0 aromatic rings. The molecule has 156 valence electrons. The van der Waals surface area contributed by atoms with E-state index in [1.165, 1.54) is 35.4 Å². The first-order valence-electron chi connectivity index (χ1n) is 10.8. The molecular formula is C27H43N. The summed E-state index contributed by atoms with van der Waals surface area (Å²) in [4.78, 5) is 2.56. The van der Waals surface area contributed by atoms with Gasteiger partial charge < -0.3 is 4.90 Å². The maximum Gasteiger partial charge on any atom is 0.0417 e. The van der Waals surface area contributed by atoms with Crippen molar-refractivity contribution in [3.05, 3.63) is 59.0 Å². The van der Waals surface area contributed by atoms with Gasteiger partial charge >= 0.3 is 0 Å². The van der Waals surface area contributed by atoms with Crippen molar-refractivity contribution in [1.29, 1.82) is 0 Å². The predicted molar refractivity (Wildman–Crippen MR) is 128 cm³/mol. The summed E-state index contributed by atoms with van der Waals surface area (Å²) in [6.07, 6.45) is 14.2. The highest BCUT2D eigenvalue weighted by Crippen LogP contribution is 2.36. The summed E-state index contributed by atoms with van der Waals surface area (Å²) < 4.78 is 0. The maximum absolute atomic E-state index is 4.18. The van der Waals surface area contributed by atoms with Crippen LogP contribution in [-0.2, 0) is 0 Å². The third-order valence-electron chi connectivity index (χ3n) is 5.53. The Bertz CT molecular complexity index is 680. The first kappa shape index (κ1) is 26.1. The molecule has 0 saturated heterocycles. The number of hydrogen-bond acceptors (Lipinski definition) is 1. The van der Waals surface area contributed by atoms with Gasteiger partial charge in [0.25, 0.3) is 0 Å². The zero-order chi connectivity index (χ0) is 21.7. The Morgan fingerprint density at radius 1 is 1.04 bits per heavy atom. The molecule has 0 rings (SSSR count). The number of hydrogen-bond donors (Lipinski definition) is 0. The third kappa shape index (κ3) is 7.59. The zero-order valence-electron chi connectivity index (χ0n) is 20.0. The van der Waals surface area contributed by atoms with Gasteiger partial charge in [-0.2, -0.15) is 0 Å². The Labute approximate surface area is 176 Å². The van der Waals surface area contributed by atoms with Gasteiger partial charge in [-0.05, 0) is 77.5 Å². The van der Waals surface area contributed by atoms with Gasteiger partial charge in [0.2, 0.25) is 0 Å². The Kier molecular flexibility index (Phi) is 12.4. The van der Waals surface area contributed by atoms with E-state index in [0.717, 1.165) is 24.8 Å². The molecule has 0 fully saturated rings. The molecular weight excluding hydrogens is 338 g/mol. The average Bonchev–Trinajstić information content (AvgIpc) is 2.67. The fraction of sp³-hybridized carbons (Fsp3) is 0.556. The molecule has 0 amide bonds. The van der Waals surface area contributed by atoms with Crippen LogP contribution in [0.1, 0.15) is 94.4 Å². The van der Waals surface area contributed by atoms with Crippen LogP contribution in [0, 0.1) is 11.8 Å². The van der Waals surface area contributed by atoms with E-state index in [1.807, 2.05) is 6.92 Å². The molecule has 0 aliphatic rings. The van der Waals surface area contributed by atoms with Gasteiger partial charge in [-0.3, -0.25) is 0 Å². The number of allylic oxidation sites excluding steroid dienone is 9. The van der Waals surface area contributed by atoms with Crippen LogP contribution in [0.5, 0.6) is 0 Å². The molecule has 0 aromatic carbocycles. The SMILES string of the molecule is C=C(/C=C\C(C)=C(/C)N(/C(=C/C#CC)CC)C(C)(CCC)CCC)/C(C)=C\C. The molecule has 0 aliphatic heterocycles. The second-order valence-corrected chi connectivity index (χ2v) is 7.81. The summed E-state index contributed by atoms with van der Waals surface area (Å²) in [5, 5.41) is 0. The van der Waals surface area contributed by atoms with E-state index in [0.29, 0.717) is 0 Å². The van der Waals surface area contributed by atoms with Gasteiger partial charge in [-0.1, -0.05) is 64.3 Å². The van der Waals surface area contributed by atoms with E-state index in [-0.39, 0.29) is 5.54 Å². The predicted octanol–water partition coefficient (Wildman–Crippen LogP) is 8.34. The second-order valence-electron chi connectivity index (χ2n) is 7.81. The summed E-state index contributed by atoms with van der Waals surface area (Å²) in [6.45, 7) is 23.9.